The minimum absolute atomic E-state index is 0.0468. The molecule has 2 aromatic rings. The van der Waals surface area contributed by atoms with Crippen LogP contribution in [0.1, 0.15) is 57.2 Å². The summed E-state index contributed by atoms with van der Waals surface area (Å²) < 4.78 is 39.8. The molecule has 1 N–H and O–H groups in total. The van der Waals surface area contributed by atoms with Crippen molar-refractivity contribution in [1.82, 2.24) is 10.2 Å². The molecule has 2 amide bonds. The van der Waals surface area contributed by atoms with Crippen molar-refractivity contribution in [2.75, 3.05) is 17.1 Å². The second-order valence-electron chi connectivity index (χ2n) is 10.3. The Morgan fingerprint density at radius 3 is 2.22 bits per heavy atom. The van der Waals surface area contributed by atoms with E-state index in [0.717, 1.165) is 17.4 Å². The maximum Gasteiger partial charge on any atom is 0.242 e. The molecule has 0 aliphatic heterocycles. The highest BCUT2D eigenvalue weighted by Gasteiger charge is 2.28. The molecule has 0 aromatic heterocycles. The lowest BCUT2D eigenvalue weighted by Crippen LogP contribution is -2.52. The van der Waals surface area contributed by atoms with Crippen LogP contribution in [0.15, 0.2) is 42.5 Å². The van der Waals surface area contributed by atoms with E-state index in [1.54, 1.807) is 19.1 Å². The maximum atomic E-state index is 13.4. The minimum Gasteiger partial charge on any atom is -0.350 e. The summed E-state index contributed by atoms with van der Waals surface area (Å²) >= 11 is 0. The van der Waals surface area contributed by atoms with E-state index >= 15 is 0 Å². The molecule has 0 aliphatic rings. The quantitative estimate of drug-likeness (QED) is 0.507. The largest absolute Gasteiger partial charge is 0.350 e. The topological polar surface area (TPSA) is 86.8 Å². The van der Waals surface area contributed by atoms with E-state index in [9.17, 15) is 22.4 Å². The fourth-order valence-electron chi connectivity index (χ4n) is 3.81. The van der Waals surface area contributed by atoms with Gasteiger partial charge in [-0.1, -0.05) is 24.3 Å². The Hall–Kier alpha value is -2.94. The molecule has 0 unspecified atom stereocenters. The van der Waals surface area contributed by atoms with E-state index in [1.807, 2.05) is 52.8 Å². The molecule has 0 saturated carbocycles. The number of hydrogen-bond donors (Lipinski definition) is 1. The highest BCUT2D eigenvalue weighted by atomic mass is 32.2. The van der Waals surface area contributed by atoms with Crippen LogP contribution in [-0.4, -0.2) is 49.5 Å². The molecule has 7 nitrogen and oxygen atoms in total. The molecule has 0 bridgehead atoms. The first-order chi connectivity index (χ1) is 16.6. The van der Waals surface area contributed by atoms with Gasteiger partial charge in [0.2, 0.25) is 21.8 Å². The van der Waals surface area contributed by atoms with Gasteiger partial charge in [-0.15, -0.1) is 0 Å². The Bertz CT molecular complexity index is 1170. The van der Waals surface area contributed by atoms with E-state index < -0.39 is 21.6 Å². The highest BCUT2D eigenvalue weighted by Crippen LogP contribution is 2.24. The number of sulfonamides is 1. The number of carbonyl (C=O) groups is 2. The zero-order chi connectivity index (χ0) is 27.3. The van der Waals surface area contributed by atoms with Crippen molar-refractivity contribution in [3.63, 3.8) is 0 Å². The van der Waals surface area contributed by atoms with Gasteiger partial charge in [0.1, 0.15) is 11.9 Å². The number of halogens is 1. The predicted octanol–water partition coefficient (Wildman–Crippen LogP) is 4.32. The summed E-state index contributed by atoms with van der Waals surface area (Å²) in [6.45, 7) is 11.2. The average molecular weight is 520 g/mol. The Balaban J connectivity index is 2.22. The molecule has 2 rings (SSSR count). The first-order valence-electron chi connectivity index (χ1n) is 12.0. The van der Waals surface area contributed by atoms with E-state index in [-0.39, 0.29) is 43.6 Å². The summed E-state index contributed by atoms with van der Waals surface area (Å²) in [5.41, 5.74) is 2.56. The molecule has 0 heterocycles. The Labute approximate surface area is 214 Å². The van der Waals surface area contributed by atoms with Crippen molar-refractivity contribution in [2.45, 2.75) is 72.5 Å². The number of nitrogens with zero attached hydrogens (tertiary/aromatic N) is 2. The van der Waals surface area contributed by atoms with Crippen LogP contribution in [0.4, 0.5) is 10.1 Å². The van der Waals surface area contributed by atoms with Gasteiger partial charge in [0.25, 0.3) is 0 Å². The van der Waals surface area contributed by atoms with Crippen molar-refractivity contribution in [1.29, 1.82) is 0 Å². The van der Waals surface area contributed by atoms with Gasteiger partial charge >= 0.3 is 0 Å². The SMILES string of the molecule is Cc1ccc(C)c(N(CCCC(=O)N(Cc2ccc(F)cc2)[C@@H](C)C(=O)NC(C)(C)C)S(C)(=O)=O)c1. The lowest BCUT2D eigenvalue weighted by atomic mass is 10.1. The van der Waals surface area contributed by atoms with Crippen molar-refractivity contribution in [3.05, 3.63) is 65.0 Å². The third-order valence-electron chi connectivity index (χ3n) is 5.72. The molecule has 0 fully saturated rings. The van der Waals surface area contributed by atoms with E-state index in [4.69, 9.17) is 0 Å². The molecule has 0 radical (unpaired) electrons. The van der Waals surface area contributed by atoms with Crippen LogP contribution < -0.4 is 9.62 Å². The van der Waals surface area contributed by atoms with Crippen molar-refractivity contribution < 1.29 is 22.4 Å². The fourth-order valence-corrected chi connectivity index (χ4v) is 4.83. The Morgan fingerprint density at radius 1 is 1.06 bits per heavy atom. The third-order valence-corrected chi connectivity index (χ3v) is 6.90. The standard InChI is InChI=1S/C27H38FN3O4S/c1-19-10-11-20(2)24(17-19)31(36(7,34)35)16-8-9-25(32)30(18-22-12-14-23(28)15-13-22)21(3)26(33)29-27(4,5)6/h10-15,17,21H,8-9,16,18H2,1-7H3,(H,29,33)/t21-/m0/s1. The third kappa shape index (κ3) is 8.62. The van der Waals surface area contributed by atoms with Gasteiger partial charge in [-0.3, -0.25) is 13.9 Å². The Morgan fingerprint density at radius 2 is 1.67 bits per heavy atom. The molecule has 0 saturated heterocycles. The molecular weight excluding hydrogens is 481 g/mol. The van der Waals surface area contributed by atoms with E-state index in [1.165, 1.54) is 21.3 Å². The normalized spacial score (nSPS) is 12.7. The van der Waals surface area contributed by atoms with E-state index in [0.29, 0.717) is 11.3 Å². The summed E-state index contributed by atoms with van der Waals surface area (Å²) in [6, 6.07) is 10.6. The predicted molar refractivity (Wildman–Crippen MR) is 142 cm³/mol. The van der Waals surface area contributed by atoms with Gasteiger partial charge in [0.15, 0.2) is 0 Å². The number of nitrogens with one attached hydrogen (secondary N) is 1. The van der Waals surface area contributed by atoms with Gasteiger partial charge in [-0.2, -0.15) is 0 Å². The average Bonchev–Trinajstić information content (AvgIpc) is 2.75. The first kappa shape index (κ1) is 29.3. The summed E-state index contributed by atoms with van der Waals surface area (Å²) in [4.78, 5) is 27.6. The summed E-state index contributed by atoms with van der Waals surface area (Å²) in [6.07, 6.45) is 1.47. The molecule has 36 heavy (non-hydrogen) atoms. The lowest BCUT2D eigenvalue weighted by Gasteiger charge is -2.32. The number of aryl methyl sites for hydroxylation is 2. The molecule has 2 aromatic carbocycles. The fraction of sp³-hybridized carbons (Fsp3) is 0.481. The summed E-state index contributed by atoms with van der Waals surface area (Å²) in [5.74, 6) is -0.973. The Kier molecular flexibility index (Phi) is 9.65. The minimum atomic E-state index is -3.57. The summed E-state index contributed by atoms with van der Waals surface area (Å²) in [7, 11) is -3.57. The highest BCUT2D eigenvalue weighted by molar-refractivity contribution is 7.92. The lowest BCUT2D eigenvalue weighted by molar-refractivity contribution is -0.141. The van der Waals surface area contributed by atoms with Crippen LogP contribution in [0, 0.1) is 19.7 Å². The zero-order valence-electron chi connectivity index (χ0n) is 22.3. The first-order valence-corrected chi connectivity index (χ1v) is 13.8. The molecule has 198 valence electrons. The van der Waals surface area contributed by atoms with Crippen molar-refractivity contribution in [3.8, 4) is 0 Å². The molecule has 9 heteroatoms. The van der Waals surface area contributed by atoms with E-state index in [2.05, 4.69) is 5.32 Å². The van der Waals surface area contributed by atoms with Crippen LogP contribution in [0.3, 0.4) is 0 Å². The smallest absolute Gasteiger partial charge is 0.242 e. The number of carbonyl (C=O) groups excluding carboxylic acids is 2. The number of anilines is 1. The second-order valence-corrected chi connectivity index (χ2v) is 12.2. The maximum absolute atomic E-state index is 13.4. The van der Waals surface area contributed by atoms with Crippen molar-refractivity contribution in [2.24, 2.45) is 0 Å². The number of amides is 2. The number of benzene rings is 2. The zero-order valence-corrected chi connectivity index (χ0v) is 23.1. The van der Waals surface area contributed by atoms with Crippen LogP contribution in [0.5, 0.6) is 0 Å². The molecule has 0 spiro atoms. The summed E-state index contributed by atoms with van der Waals surface area (Å²) in [5, 5.41) is 2.90. The number of rotatable bonds is 10. The van der Waals surface area contributed by atoms with Gasteiger partial charge in [0, 0.05) is 25.0 Å². The van der Waals surface area contributed by atoms with Crippen LogP contribution in [0.25, 0.3) is 0 Å². The van der Waals surface area contributed by atoms with Crippen molar-refractivity contribution >= 4 is 27.5 Å². The van der Waals surface area contributed by atoms with Crippen LogP contribution in [-0.2, 0) is 26.2 Å². The van der Waals surface area contributed by atoms with Crippen LogP contribution >= 0.6 is 0 Å². The van der Waals surface area contributed by atoms with Gasteiger partial charge < -0.3 is 10.2 Å². The van der Waals surface area contributed by atoms with Gasteiger partial charge in [-0.05, 0) is 82.9 Å². The molecule has 0 aliphatic carbocycles. The molecule has 1 atom stereocenters. The van der Waals surface area contributed by atoms with Gasteiger partial charge in [-0.25, -0.2) is 12.8 Å². The molecular formula is C27H38FN3O4S. The second kappa shape index (κ2) is 11.9. The van der Waals surface area contributed by atoms with Crippen LogP contribution in [0.2, 0.25) is 0 Å². The monoisotopic (exact) mass is 519 g/mol. The van der Waals surface area contributed by atoms with Gasteiger partial charge in [0.05, 0.1) is 11.9 Å². The number of hydrogen-bond acceptors (Lipinski definition) is 4.